The molecular weight excluding hydrogens is 335 g/mol. The van der Waals surface area contributed by atoms with Crippen LogP contribution >= 0.6 is 0 Å². The van der Waals surface area contributed by atoms with E-state index in [1.807, 2.05) is 17.5 Å². The van der Waals surface area contributed by atoms with Crippen molar-refractivity contribution < 1.29 is 8.81 Å². The van der Waals surface area contributed by atoms with Gasteiger partial charge >= 0.3 is 5.84 Å². The van der Waals surface area contributed by atoms with Crippen LogP contribution in [0.5, 0.6) is 0 Å². The van der Waals surface area contributed by atoms with Gasteiger partial charge in [0.2, 0.25) is 5.95 Å². The summed E-state index contributed by atoms with van der Waals surface area (Å²) in [6, 6.07) is 8.00. The molecule has 0 saturated carbocycles. The van der Waals surface area contributed by atoms with E-state index in [0.717, 1.165) is 17.8 Å². The number of anilines is 1. The largest absolute Gasteiger partial charge is 0.432 e. The Kier molecular flexibility index (Phi) is 4.32. The fourth-order valence-corrected chi connectivity index (χ4v) is 2.71. The van der Waals surface area contributed by atoms with Gasteiger partial charge in [-0.1, -0.05) is 0 Å². The number of fused-ring (bicyclic) bond motifs is 1. The highest BCUT2D eigenvalue weighted by molar-refractivity contribution is 5.79. The number of likely N-dealkylation sites (N-methyl/N-ethyl adjacent to an activating group) is 1. The molecule has 0 amide bonds. The first-order valence-electron chi connectivity index (χ1n) is 8.19. The molecule has 0 saturated heterocycles. The molecule has 0 spiro atoms. The maximum atomic E-state index is 13.3. The van der Waals surface area contributed by atoms with E-state index in [9.17, 15) is 4.39 Å². The van der Waals surface area contributed by atoms with Gasteiger partial charge < -0.3 is 15.1 Å². The van der Waals surface area contributed by atoms with Crippen LogP contribution in [0.25, 0.3) is 28.5 Å². The lowest BCUT2D eigenvalue weighted by molar-refractivity contribution is 0.596. The molecule has 4 rings (SSSR count). The van der Waals surface area contributed by atoms with Crippen LogP contribution in [0.2, 0.25) is 0 Å². The maximum Gasteiger partial charge on any atom is 0.306 e. The van der Waals surface area contributed by atoms with Crippen LogP contribution in [0.3, 0.4) is 0 Å². The summed E-state index contributed by atoms with van der Waals surface area (Å²) in [6.45, 7) is 1.51. The van der Waals surface area contributed by atoms with Crippen molar-refractivity contribution in [3.8, 4) is 22.6 Å². The Morgan fingerprint density at radius 3 is 2.77 bits per heavy atom. The topological polar surface area (TPSA) is 80.3 Å². The van der Waals surface area contributed by atoms with Gasteiger partial charge in [-0.15, -0.1) is 0 Å². The van der Waals surface area contributed by atoms with Crippen LogP contribution in [-0.4, -0.2) is 39.5 Å². The summed E-state index contributed by atoms with van der Waals surface area (Å²) < 4.78 is 20.5. The lowest BCUT2D eigenvalue weighted by atomic mass is 10.1. The van der Waals surface area contributed by atoms with Gasteiger partial charge in [-0.05, 0) is 37.4 Å². The smallest absolute Gasteiger partial charge is 0.306 e. The van der Waals surface area contributed by atoms with Crippen LogP contribution in [0.1, 0.15) is 0 Å². The number of nitrogens with zero attached hydrogens (tertiary/aromatic N) is 4. The van der Waals surface area contributed by atoms with Gasteiger partial charge in [0.1, 0.15) is 23.5 Å². The van der Waals surface area contributed by atoms with Gasteiger partial charge in [0.05, 0.1) is 5.69 Å². The Bertz CT molecular complexity index is 1020. The summed E-state index contributed by atoms with van der Waals surface area (Å²) in [5.41, 5.74) is 2.91. The molecule has 0 aliphatic heterocycles. The van der Waals surface area contributed by atoms with Crippen molar-refractivity contribution in [3.05, 3.63) is 54.8 Å². The summed E-state index contributed by atoms with van der Waals surface area (Å²) in [6.07, 6.45) is 5.03. The van der Waals surface area contributed by atoms with Crippen LogP contribution in [0.15, 0.2) is 53.4 Å². The molecule has 1 aromatic carbocycles. The molecule has 26 heavy (non-hydrogen) atoms. The monoisotopic (exact) mass is 352 g/mol. The molecule has 7 nitrogen and oxygen atoms in total. The molecule has 0 atom stereocenters. The van der Waals surface area contributed by atoms with E-state index >= 15 is 0 Å². The molecular formula is C18H17FN6O. The Labute approximate surface area is 148 Å². The zero-order valence-corrected chi connectivity index (χ0v) is 14.1. The number of hydrogen-bond acceptors (Lipinski definition) is 6. The van der Waals surface area contributed by atoms with Gasteiger partial charge in [0.25, 0.3) is 0 Å². The third kappa shape index (κ3) is 3.02. The van der Waals surface area contributed by atoms with Gasteiger partial charge in [-0.3, -0.25) is 4.40 Å². The third-order valence-corrected chi connectivity index (χ3v) is 3.94. The SMILES string of the molecule is CNCCNc1nccc(-c2c(-c3ccc(F)cc3)nc3occn23)n1. The van der Waals surface area contributed by atoms with E-state index in [4.69, 9.17) is 4.42 Å². The Balaban J connectivity index is 1.80. The molecule has 0 fully saturated rings. The number of halogens is 1. The molecule has 0 radical (unpaired) electrons. The van der Waals surface area contributed by atoms with E-state index in [1.165, 1.54) is 12.1 Å². The van der Waals surface area contributed by atoms with Crippen molar-refractivity contribution in [1.29, 1.82) is 0 Å². The van der Waals surface area contributed by atoms with E-state index in [0.29, 0.717) is 29.7 Å². The lowest BCUT2D eigenvalue weighted by Gasteiger charge is -2.07. The normalized spacial score (nSPS) is 11.2. The molecule has 3 aromatic heterocycles. The highest BCUT2D eigenvalue weighted by Crippen LogP contribution is 2.32. The van der Waals surface area contributed by atoms with Crippen molar-refractivity contribution in [2.24, 2.45) is 0 Å². The van der Waals surface area contributed by atoms with Gasteiger partial charge in [0, 0.05) is 31.0 Å². The zero-order chi connectivity index (χ0) is 17.9. The van der Waals surface area contributed by atoms with Crippen LogP contribution in [0.4, 0.5) is 10.3 Å². The molecule has 0 unspecified atom stereocenters. The molecule has 8 heteroatoms. The number of oxazole rings is 1. The van der Waals surface area contributed by atoms with Crippen molar-refractivity contribution in [2.75, 3.05) is 25.5 Å². The Morgan fingerprint density at radius 2 is 1.96 bits per heavy atom. The van der Waals surface area contributed by atoms with E-state index in [-0.39, 0.29) is 5.82 Å². The zero-order valence-electron chi connectivity index (χ0n) is 14.1. The molecule has 4 aromatic rings. The Morgan fingerprint density at radius 1 is 1.12 bits per heavy atom. The van der Waals surface area contributed by atoms with E-state index < -0.39 is 0 Å². The number of aromatic nitrogens is 4. The molecule has 0 aliphatic rings. The van der Waals surface area contributed by atoms with Gasteiger partial charge in [0.15, 0.2) is 0 Å². The number of imidazole rings is 1. The average Bonchev–Trinajstić information content (AvgIpc) is 3.24. The second-order valence-electron chi connectivity index (χ2n) is 5.67. The summed E-state index contributed by atoms with van der Waals surface area (Å²) >= 11 is 0. The molecule has 0 aliphatic carbocycles. The molecule has 0 bridgehead atoms. The first-order chi connectivity index (χ1) is 12.8. The number of benzene rings is 1. The second kappa shape index (κ2) is 6.93. The predicted molar refractivity (Wildman–Crippen MR) is 96.3 cm³/mol. The lowest BCUT2D eigenvalue weighted by Crippen LogP contribution is -2.18. The first-order valence-corrected chi connectivity index (χ1v) is 8.19. The van der Waals surface area contributed by atoms with Crippen molar-refractivity contribution in [1.82, 2.24) is 24.7 Å². The fraction of sp³-hybridized carbons (Fsp3) is 0.167. The number of rotatable bonds is 6. The summed E-state index contributed by atoms with van der Waals surface area (Å²) in [5, 5.41) is 6.23. The van der Waals surface area contributed by atoms with E-state index in [2.05, 4.69) is 25.6 Å². The molecule has 3 heterocycles. The second-order valence-corrected chi connectivity index (χ2v) is 5.67. The maximum absolute atomic E-state index is 13.3. The van der Waals surface area contributed by atoms with Gasteiger partial charge in [-0.25, -0.2) is 14.4 Å². The van der Waals surface area contributed by atoms with Crippen LogP contribution in [-0.2, 0) is 0 Å². The van der Waals surface area contributed by atoms with Crippen LogP contribution in [0, 0.1) is 5.82 Å². The number of nitrogens with one attached hydrogen (secondary N) is 2. The van der Waals surface area contributed by atoms with Crippen molar-refractivity contribution in [3.63, 3.8) is 0 Å². The minimum Gasteiger partial charge on any atom is -0.432 e. The highest BCUT2D eigenvalue weighted by atomic mass is 19.1. The fourth-order valence-electron chi connectivity index (χ4n) is 2.71. The minimum atomic E-state index is -0.295. The molecule has 132 valence electrons. The summed E-state index contributed by atoms with van der Waals surface area (Å²) in [7, 11) is 1.88. The predicted octanol–water partition coefficient (Wildman–Crippen LogP) is 2.82. The average molecular weight is 352 g/mol. The first kappa shape index (κ1) is 16.2. The number of hydrogen-bond donors (Lipinski definition) is 2. The van der Waals surface area contributed by atoms with E-state index in [1.54, 1.807) is 30.8 Å². The molecule has 2 N–H and O–H groups in total. The van der Waals surface area contributed by atoms with Crippen LogP contribution < -0.4 is 10.6 Å². The van der Waals surface area contributed by atoms with Gasteiger partial charge in [-0.2, -0.15) is 4.98 Å². The van der Waals surface area contributed by atoms with Crippen molar-refractivity contribution in [2.45, 2.75) is 0 Å². The third-order valence-electron chi connectivity index (χ3n) is 3.94. The summed E-state index contributed by atoms with van der Waals surface area (Å²) in [5.74, 6) is 0.681. The quantitative estimate of drug-likeness (QED) is 0.520. The summed E-state index contributed by atoms with van der Waals surface area (Å²) in [4.78, 5) is 13.4. The Hall–Kier alpha value is -3.26. The van der Waals surface area contributed by atoms with Crippen molar-refractivity contribution >= 4 is 11.8 Å². The minimum absolute atomic E-state index is 0.295. The highest BCUT2D eigenvalue weighted by Gasteiger charge is 2.19. The standard InChI is InChI=1S/C18H17FN6O/c1-20-8-9-22-17-21-7-6-14(23-17)16-15(12-2-4-13(19)5-3-12)24-18-25(16)10-11-26-18/h2-7,10-11,20H,8-9H2,1H3,(H,21,22,23).